The smallest absolute Gasteiger partial charge is 0.250 e. The lowest BCUT2D eigenvalue weighted by molar-refractivity contribution is 0.100. The Morgan fingerprint density at radius 3 is 2.89 bits per heavy atom. The molecule has 0 fully saturated rings. The molecular weight excluding hydrogens is 367 g/mol. The highest BCUT2D eigenvalue weighted by molar-refractivity contribution is 7.11. The quantitative estimate of drug-likeness (QED) is 0.551. The van der Waals surface area contributed by atoms with Crippen molar-refractivity contribution in [3.05, 3.63) is 65.6 Å². The maximum atomic E-state index is 13.3. The molecule has 2 aromatic heterocycles. The van der Waals surface area contributed by atoms with Gasteiger partial charge in [0, 0.05) is 11.9 Å². The molecule has 4 rings (SSSR count). The van der Waals surface area contributed by atoms with Crippen molar-refractivity contribution in [1.29, 1.82) is 0 Å². The van der Waals surface area contributed by atoms with Gasteiger partial charge in [0.15, 0.2) is 5.82 Å². The Bertz CT molecular complexity index is 1150. The Kier molecular flexibility index (Phi) is 4.43. The van der Waals surface area contributed by atoms with Crippen molar-refractivity contribution in [2.45, 2.75) is 6.54 Å². The molecule has 0 unspecified atom stereocenters. The molecule has 0 saturated heterocycles. The molecule has 7 nitrogen and oxygen atoms in total. The summed E-state index contributed by atoms with van der Waals surface area (Å²) >= 11 is 1.17. The molecule has 4 aromatic rings. The normalized spacial score (nSPS) is 10.9. The van der Waals surface area contributed by atoms with Gasteiger partial charge in [-0.2, -0.15) is 9.47 Å². The van der Waals surface area contributed by atoms with Gasteiger partial charge in [-0.15, -0.1) is 5.10 Å². The van der Waals surface area contributed by atoms with Crippen molar-refractivity contribution in [2.24, 2.45) is 5.73 Å². The summed E-state index contributed by atoms with van der Waals surface area (Å²) < 4.78 is 17.6. The molecule has 0 radical (unpaired) electrons. The number of nitrogens with one attached hydrogen (secondary N) is 1. The molecule has 0 aliphatic carbocycles. The Balaban J connectivity index is 1.64. The topological polar surface area (TPSA) is 107 Å². The van der Waals surface area contributed by atoms with Crippen molar-refractivity contribution < 1.29 is 9.18 Å². The van der Waals surface area contributed by atoms with E-state index in [1.165, 1.54) is 29.9 Å². The highest BCUT2D eigenvalue weighted by Crippen LogP contribution is 2.32. The summed E-state index contributed by atoms with van der Waals surface area (Å²) in [6.07, 6.45) is 1.49. The van der Waals surface area contributed by atoms with Gasteiger partial charge in [0.05, 0.1) is 17.3 Å². The summed E-state index contributed by atoms with van der Waals surface area (Å²) in [6.45, 7) is 0.394. The minimum absolute atomic E-state index is 0.294. The summed E-state index contributed by atoms with van der Waals surface area (Å²) in [6, 6.07) is 11.5. The van der Waals surface area contributed by atoms with Crippen molar-refractivity contribution in [1.82, 2.24) is 19.6 Å². The average molecular weight is 380 g/mol. The van der Waals surface area contributed by atoms with Gasteiger partial charge in [0.25, 0.3) is 5.91 Å². The number of nitrogens with two attached hydrogens (primary N) is 1. The average Bonchev–Trinajstić information content (AvgIpc) is 3.11. The van der Waals surface area contributed by atoms with E-state index >= 15 is 0 Å². The van der Waals surface area contributed by atoms with Crippen LogP contribution in [0.3, 0.4) is 0 Å². The molecule has 27 heavy (non-hydrogen) atoms. The van der Waals surface area contributed by atoms with E-state index < -0.39 is 5.91 Å². The zero-order valence-electron chi connectivity index (χ0n) is 13.9. The van der Waals surface area contributed by atoms with Crippen LogP contribution in [0.5, 0.6) is 0 Å². The van der Waals surface area contributed by atoms with Gasteiger partial charge in [-0.25, -0.2) is 9.37 Å². The van der Waals surface area contributed by atoms with Crippen LogP contribution in [0.4, 0.5) is 10.2 Å². The predicted molar refractivity (Wildman–Crippen MR) is 101 cm³/mol. The Morgan fingerprint density at radius 2 is 2.07 bits per heavy atom. The van der Waals surface area contributed by atoms with E-state index in [4.69, 9.17) is 5.73 Å². The number of carbonyl (C=O) groups excluding carboxylic acids is 1. The van der Waals surface area contributed by atoms with Crippen LogP contribution < -0.4 is 11.1 Å². The highest BCUT2D eigenvalue weighted by atomic mass is 32.1. The van der Waals surface area contributed by atoms with Crippen molar-refractivity contribution in [3.8, 4) is 10.7 Å². The summed E-state index contributed by atoms with van der Waals surface area (Å²) in [5.41, 5.74) is 7.06. The number of anilines is 1. The Hall–Kier alpha value is -3.46. The van der Waals surface area contributed by atoms with Crippen LogP contribution in [-0.4, -0.2) is 25.5 Å². The number of aromatic nitrogens is 4. The number of halogens is 1. The lowest BCUT2D eigenvalue weighted by atomic mass is 10.1. The van der Waals surface area contributed by atoms with E-state index in [0.717, 1.165) is 10.9 Å². The van der Waals surface area contributed by atoms with E-state index in [1.54, 1.807) is 18.2 Å². The van der Waals surface area contributed by atoms with Gasteiger partial charge >= 0.3 is 0 Å². The first-order chi connectivity index (χ1) is 13.1. The minimum atomic E-state index is -0.540. The summed E-state index contributed by atoms with van der Waals surface area (Å²) in [5.74, 6) is 0.0458. The molecule has 0 saturated carbocycles. The molecule has 3 N–H and O–H groups in total. The van der Waals surface area contributed by atoms with Crippen LogP contribution in [0.1, 0.15) is 15.9 Å². The van der Waals surface area contributed by atoms with E-state index in [1.807, 2.05) is 12.1 Å². The predicted octanol–water partition coefficient (Wildman–Crippen LogP) is 3.00. The second kappa shape index (κ2) is 7.04. The van der Waals surface area contributed by atoms with Gasteiger partial charge in [0.1, 0.15) is 16.5 Å². The fourth-order valence-electron chi connectivity index (χ4n) is 2.65. The lowest BCUT2D eigenvalue weighted by Crippen LogP contribution is -2.11. The zero-order chi connectivity index (χ0) is 18.8. The van der Waals surface area contributed by atoms with Crippen LogP contribution in [0.2, 0.25) is 0 Å². The third-order valence-electron chi connectivity index (χ3n) is 3.90. The van der Waals surface area contributed by atoms with Crippen molar-refractivity contribution in [2.75, 3.05) is 5.32 Å². The molecule has 134 valence electrons. The standard InChI is InChI=1S/C18H13FN6OS/c19-11-4-1-3-10(7-11)8-21-14-9-22-24-18(23-14)16-12-5-2-6-13(17(20)26)15(12)25-27-16/h1-7,9H,8H2,(H2,20,26)(H,21,23,24). The SMILES string of the molecule is NC(=O)c1cccc2c(-c3nncc(NCc4cccc(F)c4)n3)snc12. The van der Waals surface area contributed by atoms with Crippen LogP contribution in [-0.2, 0) is 6.54 Å². The molecule has 0 aliphatic heterocycles. The number of amides is 1. The molecule has 0 spiro atoms. The Morgan fingerprint density at radius 1 is 1.22 bits per heavy atom. The first kappa shape index (κ1) is 17.0. The monoisotopic (exact) mass is 380 g/mol. The van der Waals surface area contributed by atoms with Gasteiger partial charge in [-0.05, 0) is 35.3 Å². The molecular formula is C18H13FN6OS. The maximum absolute atomic E-state index is 13.3. The number of hydrogen-bond donors (Lipinski definition) is 2. The second-order valence-corrected chi connectivity index (χ2v) is 6.50. The van der Waals surface area contributed by atoms with Gasteiger partial charge in [0.2, 0.25) is 0 Å². The third-order valence-corrected chi connectivity index (χ3v) is 4.76. The summed E-state index contributed by atoms with van der Waals surface area (Å²) in [5, 5.41) is 11.9. The van der Waals surface area contributed by atoms with Crippen LogP contribution in [0, 0.1) is 5.82 Å². The molecule has 9 heteroatoms. The lowest BCUT2D eigenvalue weighted by Gasteiger charge is -2.06. The van der Waals surface area contributed by atoms with E-state index in [0.29, 0.717) is 34.1 Å². The maximum Gasteiger partial charge on any atom is 0.250 e. The van der Waals surface area contributed by atoms with Crippen LogP contribution in [0.25, 0.3) is 21.6 Å². The third kappa shape index (κ3) is 3.44. The largest absolute Gasteiger partial charge is 0.366 e. The number of hydrogen-bond acceptors (Lipinski definition) is 7. The minimum Gasteiger partial charge on any atom is -0.366 e. The molecule has 0 bridgehead atoms. The molecule has 0 aliphatic rings. The number of benzene rings is 2. The number of primary amides is 1. The van der Waals surface area contributed by atoms with Crippen molar-refractivity contribution >= 4 is 34.2 Å². The van der Waals surface area contributed by atoms with Gasteiger partial charge in [-0.1, -0.05) is 24.3 Å². The fourth-order valence-corrected chi connectivity index (χ4v) is 3.46. The van der Waals surface area contributed by atoms with E-state index in [2.05, 4.69) is 24.9 Å². The zero-order valence-corrected chi connectivity index (χ0v) is 14.7. The summed E-state index contributed by atoms with van der Waals surface area (Å²) in [4.78, 5) is 16.7. The number of nitrogens with zero attached hydrogens (tertiary/aromatic N) is 4. The van der Waals surface area contributed by atoms with Crippen LogP contribution >= 0.6 is 11.5 Å². The van der Waals surface area contributed by atoms with E-state index in [9.17, 15) is 9.18 Å². The van der Waals surface area contributed by atoms with Crippen molar-refractivity contribution in [3.63, 3.8) is 0 Å². The molecule has 1 amide bonds. The fraction of sp³-hybridized carbons (Fsp3) is 0.0556. The molecule has 2 aromatic carbocycles. The second-order valence-electron chi connectivity index (χ2n) is 5.73. The first-order valence-electron chi connectivity index (χ1n) is 7.98. The molecule has 2 heterocycles. The number of rotatable bonds is 5. The number of carbonyl (C=O) groups is 1. The number of fused-ring (bicyclic) bond motifs is 1. The molecule has 0 atom stereocenters. The van der Waals surface area contributed by atoms with Crippen LogP contribution in [0.15, 0.2) is 48.7 Å². The summed E-state index contributed by atoms with van der Waals surface area (Å²) in [7, 11) is 0. The Labute approximate surface area is 157 Å². The first-order valence-corrected chi connectivity index (χ1v) is 8.76. The van der Waals surface area contributed by atoms with E-state index in [-0.39, 0.29) is 5.82 Å². The van der Waals surface area contributed by atoms with Gasteiger partial charge in [-0.3, -0.25) is 4.79 Å². The van der Waals surface area contributed by atoms with Gasteiger partial charge < -0.3 is 11.1 Å². The highest BCUT2D eigenvalue weighted by Gasteiger charge is 2.16.